The van der Waals surface area contributed by atoms with E-state index in [1.165, 1.54) is 5.56 Å². The second-order valence-electron chi connectivity index (χ2n) is 5.80. The molecule has 0 spiro atoms. The Balaban J connectivity index is 2.22. The summed E-state index contributed by atoms with van der Waals surface area (Å²) in [4.78, 5) is 12.8. The van der Waals surface area contributed by atoms with Gasteiger partial charge in [0.2, 0.25) is 5.91 Å². The lowest BCUT2D eigenvalue weighted by molar-refractivity contribution is -0.127. The minimum absolute atomic E-state index is 0.196. The molecular formula is C17H26N2O. The molecule has 0 atom stereocenters. The van der Waals surface area contributed by atoms with Gasteiger partial charge >= 0.3 is 0 Å². The maximum absolute atomic E-state index is 12.8. The maximum atomic E-state index is 12.8. The molecule has 1 aliphatic rings. The van der Waals surface area contributed by atoms with Crippen molar-refractivity contribution in [3.63, 3.8) is 0 Å². The maximum Gasteiger partial charge on any atom is 0.230 e. The van der Waals surface area contributed by atoms with Gasteiger partial charge in [-0.05, 0) is 56.8 Å². The molecule has 3 heteroatoms. The summed E-state index contributed by atoms with van der Waals surface area (Å²) in [5.41, 5.74) is 3.20. The Labute approximate surface area is 122 Å². The highest BCUT2D eigenvalue weighted by atomic mass is 16.2. The van der Waals surface area contributed by atoms with Crippen LogP contribution in [-0.2, 0) is 11.2 Å². The minimum atomic E-state index is -0.196. The summed E-state index contributed by atoms with van der Waals surface area (Å²) < 4.78 is 0. The molecule has 1 aromatic carbocycles. The van der Waals surface area contributed by atoms with Crippen LogP contribution in [0.4, 0.5) is 5.69 Å². The van der Waals surface area contributed by atoms with Crippen LogP contribution >= 0.6 is 0 Å². The zero-order valence-electron chi connectivity index (χ0n) is 12.9. The van der Waals surface area contributed by atoms with Crippen LogP contribution < -0.4 is 10.6 Å². The van der Waals surface area contributed by atoms with Gasteiger partial charge in [-0.15, -0.1) is 0 Å². The van der Waals surface area contributed by atoms with Crippen LogP contribution in [0.15, 0.2) is 18.2 Å². The molecule has 1 aliphatic heterocycles. The summed E-state index contributed by atoms with van der Waals surface area (Å²) in [6.45, 7) is 8.20. The fourth-order valence-corrected chi connectivity index (χ4v) is 3.09. The van der Waals surface area contributed by atoms with E-state index >= 15 is 0 Å². The molecule has 3 nitrogen and oxygen atoms in total. The van der Waals surface area contributed by atoms with Crippen molar-refractivity contribution in [2.45, 2.75) is 46.5 Å². The molecule has 1 fully saturated rings. The predicted molar refractivity (Wildman–Crippen MR) is 84.0 cm³/mol. The number of hydrogen-bond acceptors (Lipinski definition) is 2. The molecule has 2 rings (SSSR count). The third kappa shape index (κ3) is 2.88. The van der Waals surface area contributed by atoms with Crippen LogP contribution in [0.1, 0.15) is 44.2 Å². The molecule has 2 N–H and O–H groups in total. The SMILES string of the molecule is CCc1cccc(C)c1NC(=O)C1(CC)CCNCC1. The molecule has 1 amide bonds. The molecule has 0 radical (unpaired) electrons. The number of aryl methyl sites for hydroxylation is 2. The van der Waals surface area contributed by atoms with Gasteiger partial charge in [-0.2, -0.15) is 0 Å². The number of carbonyl (C=O) groups is 1. The van der Waals surface area contributed by atoms with Crippen LogP contribution in [0.3, 0.4) is 0 Å². The molecule has 20 heavy (non-hydrogen) atoms. The van der Waals surface area contributed by atoms with Gasteiger partial charge in [-0.1, -0.05) is 32.0 Å². The summed E-state index contributed by atoms with van der Waals surface area (Å²) in [7, 11) is 0. The van der Waals surface area contributed by atoms with Crippen LogP contribution in [-0.4, -0.2) is 19.0 Å². The van der Waals surface area contributed by atoms with Crippen molar-refractivity contribution in [2.75, 3.05) is 18.4 Å². The van der Waals surface area contributed by atoms with Gasteiger partial charge in [0.05, 0.1) is 5.41 Å². The van der Waals surface area contributed by atoms with E-state index in [-0.39, 0.29) is 11.3 Å². The third-order valence-electron chi connectivity index (χ3n) is 4.70. The topological polar surface area (TPSA) is 41.1 Å². The number of rotatable bonds is 4. The number of nitrogens with one attached hydrogen (secondary N) is 2. The Kier molecular flexibility index (Phi) is 4.81. The van der Waals surface area contributed by atoms with Crippen LogP contribution in [0, 0.1) is 12.3 Å². The van der Waals surface area contributed by atoms with Crippen molar-refractivity contribution in [1.82, 2.24) is 5.32 Å². The molecule has 0 aromatic heterocycles. The van der Waals surface area contributed by atoms with Crippen molar-refractivity contribution < 1.29 is 4.79 Å². The molecule has 1 heterocycles. The number of amides is 1. The van der Waals surface area contributed by atoms with Crippen molar-refractivity contribution >= 4 is 11.6 Å². The summed E-state index contributed by atoms with van der Waals surface area (Å²) in [6.07, 6.45) is 3.72. The van der Waals surface area contributed by atoms with Crippen LogP contribution in [0.5, 0.6) is 0 Å². The molecule has 1 saturated heterocycles. The monoisotopic (exact) mass is 274 g/mol. The zero-order chi connectivity index (χ0) is 14.6. The summed E-state index contributed by atoms with van der Waals surface area (Å²) >= 11 is 0. The highest BCUT2D eigenvalue weighted by molar-refractivity contribution is 5.96. The van der Waals surface area contributed by atoms with E-state index in [1.807, 2.05) is 0 Å². The summed E-state index contributed by atoms with van der Waals surface area (Å²) in [6, 6.07) is 6.23. The second kappa shape index (κ2) is 6.40. The molecule has 0 saturated carbocycles. The van der Waals surface area contributed by atoms with Gasteiger partial charge in [0.1, 0.15) is 0 Å². The first-order chi connectivity index (χ1) is 9.63. The van der Waals surface area contributed by atoms with Crippen LogP contribution in [0.25, 0.3) is 0 Å². The number of para-hydroxylation sites is 1. The van der Waals surface area contributed by atoms with Gasteiger partial charge in [-0.3, -0.25) is 4.79 Å². The number of carbonyl (C=O) groups excluding carboxylic acids is 1. The van der Waals surface area contributed by atoms with Gasteiger partial charge in [0.15, 0.2) is 0 Å². The van der Waals surface area contributed by atoms with E-state index in [4.69, 9.17) is 0 Å². The summed E-state index contributed by atoms with van der Waals surface area (Å²) in [5.74, 6) is 0.200. The van der Waals surface area contributed by atoms with Crippen molar-refractivity contribution in [3.05, 3.63) is 29.3 Å². The van der Waals surface area contributed by atoms with E-state index in [9.17, 15) is 4.79 Å². The first-order valence-electron chi connectivity index (χ1n) is 7.73. The lowest BCUT2D eigenvalue weighted by Crippen LogP contribution is -2.44. The largest absolute Gasteiger partial charge is 0.325 e. The Morgan fingerprint density at radius 3 is 2.60 bits per heavy atom. The van der Waals surface area contributed by atoms with E-state index in [0.717, 1.165) is 50.0 Å². The van der Waals surface area contributed by atoms with Crippen molar-refractivity contribution in [3.8, 4) is 0 Å². The van der Waals surface area contributed by atoms with E-state index < -0.39 is 0 Å². The molecular weight excluding hydrogens is 248 g/mol. The number of hydrogen-bond donors (Lipinski definition) is 2. The van der Waals surface area contributed by atoms with Gasteiger partial charge in [-0.25, -0.2) is 0 Å². The molecule has 0 aliphatic carbocycles. The fourth-order valence-electron chi connectivity index (χ4n) is 3.09. The van der Waals surface area contributed by atoms with Gasteiger partial charge in [0.25, 0.3) is 0 Å². The van der Waals surface area contributed by atoms with E-state index in [2.05, 4.69) is 49.6 Å². The normalized spacial score (nSPS) is 17.8. The third-order valence-corrected chi connectivity index (χ3v) is 4.70. The highest BCUT2D eigenvalue weighted by Gasteiger charge is 2.37. The number of piperidine rings is 1. The lowest BCUT2D eigenvalue weighted by atomic mass is 9.75. The first-order valence-corrected chi connectivity index (χ1v) is 7.73. The van der Waals surface area contributed by atoms with E-state index in [0.29, 0.717) is 0 Å². The van der Waals surface area contributed by atoms with Crippen LogP contribution in [0.2, 0.25) is 0 Å². The minimum Gasteiger partial charge on any atom is -0.325 e. The lowest BCUT2D eigenvalue weighted by Gasteiger charge is -2.35. The van der Waals surface area contributed by atoms with Crippen molar-refractivity contribution in [1.29, 1.82) is 0 Å². The van der Waals surface area contributed by atoms with Gasteiger partial charge in [0, 0.05) is 5.69 Å². The smallest absolute Gasteiger partial charge is 0.230 e. The zero-order valence-corrected chi connectivity index (χ0v) is 12.9. The number of anilines is 1. The first kappa shape index (κ1) is 15.0. The van der Waals surface area contributed by atoms with E-state index in [1.54, 1.807) is 0 Å². The molecule has 110 valence electrons. The number of benzene rings is 1. The Bertz CT molecular complexity index is 476. The summed E-state index contributed by atoms with van der Waals surface area (Å²) in [5, 5.41) is 6.57. The predicted octanol–water partition coefficient (Wildman–Crippen LogP) is 3.28. The molecule has 0 unspecified atom stereocenters. The molecule has 0 bridgehead atoms. The second-order valence-corrected chi connectivity index (χ2v) is 5.80. The highest BCUT2D eigenvalue weighted by Crippen LogP contribution is 2.34. The average Bonchev–Trinajstić information content (AvgIpc) is 2.49. The Morgan fingerprint density at radius 1 is 1.30 bits per heavy atom. The van der Waals surface area contributed by atoms with Crippen molar-refractivity contribution in [2.24, 2.45) is 5.41 Å². The molecule has 1 aromatic rings. The fraction of sp³-hybridized carbons (Fsp3) is 0.588. The van der Waals surface area contributed by atoms with Gasteiger partial charge < -0.3 is 10.6 Å². The quantitative estimate of drug-likeness (QED) is 0.884. The Morgan fingerprint density at radius 2 is 2.00 bits per heavy atom. The Hall–Kier alpha value is -1.35. The standard InChI is InChI=1S/C17H26N2O/c1-4-14-8-6-7-13(3)15(14)19-16(20)17(5-2)9-11-18-12-10-17/h6-8,18H,4-5,9-12H2,1-3H3,(H,19,20). The average molecular weight is 274 g/mol.